The van der Waals surface area contributed by atoms with Crippen LogP contribution >= 0.6 is 0 Å². The fourth-order valence-corrected chi connectivity index (χ4v) is 24.3. The van der Waals surface area contributed by atoms with Crippen LogP contribution in [0.1, 0.15) is 226 Å². The molecule has 0 aromatic heterocycles. The van der Waals surface area contributed by atoms with Crippen molar-refractivity contribution in [1.29, 1.82) is 0 Å². The molecule has 0 amide bonds. The van der Waals surface area contributed by atoms with Gasteiger partial charge in [0.15, 0.2) is 0 Å². The Morgan fingerprint density at radius 1 is 0.328 bits per heavy atom. The van der Waals surface area contributed by atoms with Gasteiger partial charge in [-0.15, -0.1) is 0 Å². The highest BCUT2D eigenvalue weighted by Gasteiger charge is 2.61. The fourth-order valence-electron chi connectivity index (χ4n) is 24.3. The summed E-state index contributed by atoms with van der Waals surface area (Å²) in [6.07, 6.45) is 55.6. The predicted octanol–water partition coefficient (Wildman–Crippen LogP) is 17.2. The first-order valence-corrected chi connectivity index (χ1v) is 29.7. The SMILES string of the molecule is CC1(C)C2CC(C3=CCCC(C4CC5C6CCCCC6C6CCCCC6C5C5CCCCC45)C3)CCC2C2CCC(C3CC4C5CCCCC5CCC4C4CCCCC34)CC21. The first-order valence-electron chi connectivity index (χ1n) is 29.7. The van der Waals surface area contributed by atoms with E-state index >= 15 is 0 Å². The summed E-state index contributed by atoms with van der Waals surface area (Å²) in [5.41, 5.74) is 2.60. The lowest BCUT2D eigenvalue weighted by molar-refractivity contribution is -0.146. The second-order valence-electron chi connectivity index (χ2n) is 27.9. The van der Waals surface area contributed by atoms with E-state index < -0.39 is 0 Å². The van der Waals surface area contributed by atoms with E-state index in [4.69, 9.17) is 0 Å². The maximum Gasteiger partial charge on any atom is -0.0200 e. The second-order valence-corrected chi connectivity index (χ2v) is 27.9. The quantitative estimate of drug-likeness (QED) is 0.249. The number of allylic oxidation sites excluding steroid dienone is 2. The fraction of sp³-hybridized carbons (Fsp3) is 0.967. The van der Waals surface area contributed by atoms with Gasteiger partial charge in [0.05, 0.1) is 0 Å². The van der Waals surface area contributed by atoms with Gasteiger partial charge in [0.2, 0.25) is 0 Å². The zero-order valence-electron chi connectivity index (χ0n) is 40.2. The van der Waals surface area contributed by atoms with Crippen LogP contribution < -0.4 is 0 Å². The van der Waals surface area contributed by atoms with E-state index in [2.05, 4.69) is 19.9 Å². The van der Waals surface area contributed by atoms with Crippen LogP contribution in [0.2, 0.25) is 0 Å². The summed E-state index contributed by atoms with van der Waals surface area (Å²) in [5, 5.41) is 0. The summed E-state index contributed by atoms with van der Waals surface area (Å²) in [4.78, 5) is 0. The van der Waals surface area contributed by atoms with Crippen molar-refractivity contribution < 1.29 is 0 Å². The molecule has 0 aliphatic heterocycles. The van der Waals surface area contributed by atoms with E-state index in [1.165, 1.54) is 12.8 Å². The maximum atomic E-state index is 2.90. The van der Waals surface area contributed by atoms with E-state index in [0.29, 0.717) is 5.41 Å². The van der Waals surface area contributed by atoms with Gasteiger partial charge in [0, 0.05) is 0 Å². The average Bonchev–Trinajstić information content (AvgIpc) is 3.55. The zero-order valence-corrected chi connectivity index (χ0v) is 40.2. The molecule has 23 unspecified atom stereocenters. The van der Waals surface area contributed by atoms with Gasteiger partial charge in [-0.3, -0.25) is 0 Å². The summed E-state index contributed by atoms with van der Waals surface area (Å²) in [6, 6.07) is 0. The molecule has 13 aliphatic carbocycles. The van der Waals surface area contributed by atoms with Crippen molar-refractivity contribution in [2.24, 2.45) is 142 Å². The van der Waals surface area contributed by atoms with Crippen LogP contribution in [-0.4, -0.2) is 0 Å². The van der Waals surface area contributed by atoms with Gasteiger partial charge in [-0.05, 0) is 283 Å². The van der Waals surface area contributed by atoms with Gasteiger partial charge < -0.3 is 0 Å². The number of hydrogen-bond acceptors (Lipinski definition) is 0. The lowest BCUT2D eigenvalue weighted by Gasteiger charge is -2.63. The third kappa shape index (κ3) is 6.75. The van der Waals surface area contributed by atoms with Crippen LogP contribution in [0.3, 0.4) is 0 Å². The predicted molar refractivity (Wildman–Crippen MR) is 254 cm³/mol. The molecule has 0 aromatic rings. The lowest BCUT2D eigenvalue weighted by Crippen LogP contribution is -2.57. The Kier molecular flexibility index (Phi) is 11.1. The van der Waals surface area contributed by atoms with Crippen molar-refractivity contribution in [3.8, 4) is 0 Å². The number of rotatable bonds is 3. The third-order valence-corrected chi connectivity index (χ3v) is 26.2. The largest absolute Gasteiger partial charge is 0.0850 e. The topological polar surface area (TPSA) is 0 Å². The molecule has 340 valence electrons. The van der Waals surface area contributed by atoms with Crippen LogP contribution in [0, 0.1) is 142 Å². The molecule has 0 spiro atoms. The molecule has 0 saturated heterocycles. The van der Waals surface area contributed by atoms with Crippen molar-refractivity contribution in [3.05, 3.63) is 11.6 Å². The van der Waals surface area contributed by atoms with Gasteiger partial charge in [0.25, 0.3) is 0 Å². The second kappa shape index (κ2) is 16.5. The van der Waals surface area contributed by atoms with Crippen molar-refractivity contribution in [3.63, 3.8) is 0 Å². The Morgan fingerprint density at radius 3 is 1.48 bits per heavy atom. The summed E-state index contributed by atoms with van der Waals surface area (Å²) in [7, 11) is 0. The molecule has 0 N–H and O–H groups in total. The molecular formula is C61H96. The molecule has 13 rings (SSSR count). The molecule has 0 bridgehead atoms. The van der Waals surface area contributed by atoms with Crippen LogP contribution in [0.15, 0.2) is 11.6 Å². The molecular weight excluding hydrogens is 733 g/mol. The van der Waals surface area contributed by atoms with Crippen LogP contribution in [0.4, 0.5) is 0 Å². The molecule has 0 heterocycles. The molecule has 0 aromatic carbocycles. The molecule has 23 atom stereocenters. The monoisotopic (exact) mass is 829 g/mol. The van der Waals surface area contributed by atoms with E-state index in [1.54, 1.807) is 199 Å². The standard InChI is InChI=1S/C61H96/c1-61(2)58-33-39(27-30-50(58)51-31-28-41(34-59(51)61)54-35-56-42-17-4-3-14-37(42)26-29-49(56)44-19-5-7-21-46(44)54)38-15-13-16-40(32-38)55-36-57-47-22-8-6-18-43(47)45-20-9-11-24-52(45)60(57)53-25-12-10-23-48(53)55/h15,37,39-60H,3-14,16-36H2,1-2H3. The first kappa shape index (κ1) is 41.0. The summed E-state index contributed by atoms with van der Waals surface area (Å²) >= 11 is 0. The minimum atomic E-state index is 0.561. The van der Waals surface area contributed by atoms with Crippen LogP contribution in [0.25, 0.3) is 0 Å². The average molecular weight is 829 g/mol. The van der Waals surface area contributed by atoms with Gasteiger partial charge in [-0.25, -0.2) is 0 Å². The molecule has 61 heavy (non-hydrogen) atoms. The zero-order chi connectivity index (χ0) is 40.4. The van der Waals surface area contributed by atoms with E-state index in [0.717, 1.165) is 136 Å². The molecule has 12 fully saturated rings. The third-order valence-electron chi connectivity index (χ3n) is 26.2. The van der Waals surface area contributed by atoms with Crippen LogP contribution in [-0.2, 0) is 0 Å². The molecule has 0 nitrogen and oxygen atoms in total. The lowest BCUT2D eigenvalue weighted by atomic mass is 9.41. The Hall–Kier alpha value is -0.260. The Bertz CT molecular complexity index is 1580. The molecule has 0 radical (unpaired) electrons. The van der Waals surface area contributed by atoms with Gasteiger partial charge in [0.1, 0.15) is 0 Å². The molecule has 0 heteroatoms. The highest BCUT2D eigenvalue weighted by molar-refractivity contribution is 5.18. The number of fused-ring (bicyclic) bond motifs is 16. The van der Waals surface area contributed by atoms with Gasteiger partial charge in [-0.1, -0.05) is 96.1 Å². The highest BCUT2D eigenvalue weighted by atomic mass is 14.7. The van der Waals surface area contributed by atoms with E-state index in [-0.39, 0.29) is 0 Å². The molecule has 13 aliphatic rings. The minimum Gasteiger partial charge on any atom is -0.0850 e. The van der Waals surface area contributed by atoms with Crippen molar-refractivity contribution in [2.45, 2.75) is 226 Å². The Balaban J connectivity index is 0.709. The number of hydrogen-bond donors (Lipinski definition) is 0. The maximum absolute atomic E-state index is 2.90. The summed E-state index contributed by atoms with van der Waals surface area (Å²) in [5.74, 6) is 25.2. The normalized spacial score (nSPS) is 56.2. The van der Waals surface area contributed by atoms with E-state index in [9.17, 15) is 0 Å². The first-order chi connectivity index (χ1) is 30.0. The Labute approximate surface area is 377 Å². The highest BCUT2D eigenvalue weighted by Crippen LogP contribution is 2.69. The van der Waals surface area contributed by atoms with Crippen molar-refractivity contribution in [1.82, 2.24) is 0 Å². The summed E-state index contributed by atoms with van der Waals surface area (Å²) in [6.45, 7) is 5.74. The van der Waals surface area contributed by atoms with Gasteiger partial charge >= 0.3 is 0 Å². The molecule has 12 saturated carbocycles. The van der Waals surface area contributed by atoms with E-state index in [1.807, 2.05) is 5.57 Å². The Morgan fingerprint density at radius 2 is 0.787 bits per heavy atom. The smallest absolute Gasteiger partial charge is 0.0200 e. The van der Waals surface area contributed by atoms with Crippen molar-refractivity contribution in [2.75, 3.05) is 0 Å². The van der Waals surface area contributed by atoms with Crippen molar-refractivity contribution >= 4 is 0 Å². The summed E-state index contributed by atoms with van der Waals surface area (Å²) < 4.78 is 0. The van der Waals surface area contributed by atoms with Gasteiger partial charge in [-0.2, -0.15) is 0 Å². The van der Waals surface area contributed by atoms with Crippen LogP contribution in [0.5, 0.6) is 0 Å². The minimum absolute atomic E-state index is 0.561.